The van der Waals surface area contributed by atoms with Crippen LogP contribution in [0.15, 0.2) is 59.0 Å². The van der Waals surface area contributed by atoms with E-state index >= 15 is 0 Å². The maximum absolute atomic E-state index is 12.0. The Morgan fingerprint density at radius 2 is 1.79 bits per heavy atom. The number of nitrogens with zero attached hydrogens (tertiary/aromatic N) is 2. The monoisotopic (exact) mass is 376 g/mol. The van der Waals surface area contributed by atoms with Crippen LogP contribution in [0, 0.1) is 6.92 Å². The molecule has 28 heavy (non-hydrogen) atoms. The van der Waals surface area contributed by atoms with Crippen molar-refractivity contribution in [3.8, 4) is 22.6 Å². The second-order valence-electron chi connectivity index (χ2n) is 7.12. The van der Waals surface area contributed by atoms with Gasteiger partial charge in [0.05, 0.1) is 12.8 Å². The zero-order valence-electron chi connectivity index (χ0n) is 16.2. The average Bonchev–Trinajstić information content (AvgIpc) is 3.35. The molecule has 4 rings (SSSR count). The number of ether oxygens (including phenoxy) is 1. The predicted molar refractivity (Wildman–Crippen MR) is 108 cm³/mol. The van der Waals surface area contributed by atoms with Crippen LogP contribution in [0.2, 0.25) is 0 Å². The third kappa shape index (κ3) is 3.71. The normalized spacial score (nSPS) is 17.0. The molecule has 0 radical (unpaired) electrons. The number of rotatable bonds is 5. The number of benzene rings is 2. The zero-order chi connectivity index (χ0) is 19.5. The lowest BCUT2D eigenvalue weighted by atomic mass is 10.0. The van der Waals surface area contributed by atoms with Gasteiger partial charge in [0, 0.05) is 12.1 Å². The van der Waals surface area contributed by atoms with Gasteiger partial charge < -0.3 is 9.15 Å². The highest BCUT2D eigenvalue weighted by molar-refractivity contribution is 5.76. The minimum atomic E-state index is -0.185. The van der Waals surface area contributed by atoms with Gasteiger partial charge in [-0.3, -0.25) is 9.69 Å². The van der Waals surface area contributed by atoms with Crippen molar-refractivity contribution in [3.63, 3.8) is 0 Å². The average molecular weight is 376 g/mol. The van der Waals surface area contributed by atoms with Gasteiger partial charge in [0.1, 0.15) is 11.8 Å². The number of methoxy groups -OCH3 is 1. The molecule has 2 aromatic carbocycles. The predicted octanol–water partition coefficient (Wildman–Crippen LogP) is 4.45. The second-order valence-corrected chi connectivity index (χ2v) is 7.12. The number of esters is 1. The lowest BCUT2D eigenvalue weighted by Gasteiger charge is -2.21. The third-order valence-electron chi connectivity index (χ3n) is 5.32. The molecule has 1 saturated heterocycles. The molecular formula is C23H24N2O3. The Balaban J connectivity index is 1.52. The van der Waals surface area contributed by atoms with E-state index in [1.54, 1.807) is 0 Å². The highest BCUT2D eigenvalue weighted by Gasteiger charge is 2.32. The Kier molecular flexibility index (Phi) is 5.26. The summed E-state index contributed by atoms with van der Waals surface area (Å²) in [6.07, 6.45) is 1.82. The number of aryl methyl sites for hydroxylation is 1. The summed E-state index contributed by atoms with van der Waals surface area (Å²) in [5, 5.41) is 0. The number of oxazole rings is 1. The van der Waals surface area contributed by atoms with Crippen molar-refractivity contribution in [1.82, 2.24) is 9.88 Å². The van der Waals surface area contributed by atoms with Crippen LogP contribution in [0.4, 0.5) is 0 Å². The summed E-state index contributed by atoms with van der Waals surface area (Å²) in [7, 11) is 1.44. The Morgan fingerprint density at radius 1 is 1.11 bits per heavy atom. The van der Waals surface area contributed by atoms with E-state index in [4.69, 9.17) is 14.1 Å². The highest BCUT2D eigenvalue weighted by Crippen LogP contribution is 2.28. The summed E-state index contributed by atoms with van der Waals surface area (Å²) in [5.74, 6) is 1.23. The van der Waals surface area contributed by atoms with Crippen molar-refractivity contribution in [2.24, 2.45) is 0 Å². The zero-order valence-corrected chi connectivity index (χ0v) is 16.2. The summed E-state index contributed by atoms with van der Waals surface area (Å²) in [4.78, 5) is 18.8. The molecule has 5 nitrogen and oxygen atoms in total. The Morgan fingerprint density at radius 3 is 2.50 bits per heavy atom. The van der Waals surface area contributed by atoms with E-state index in [9.17, 15) is 4.79 Å². The van der Waals surface area contributed by atoms with Crippen molar-refractivity contribution in [1.29, 1.82) is 0 Å². The molecule has 1 aliphatic heterocycles. The molecular weight excluding hydrogens is 352 g/mol. The summed E-state index contributed by atoms with van der Waals surface area (Å²) in [5.41, 5.74) is 4.16. The maximum atomic E-state index is 12.0. The number of hydrogen-bond donors (Lipinski definition) is 0. The molecule has 1 atom stereocenters. The molecule has 0 N–H and O–H groups in total. The molecule has 0 aliphatic carbocycles. The topological polar surface area (TPSA) is 55.6 Å². The molecule has 0 amide bonds. The van der Waals surface area contributed by atoms with Gasteiger partial charge >= 0.3 is 5.97 Å². The lowest BCUT2D eigenvalue weighted by molar-refractivity contribution is -0.146. The van der Waals surface area contributed by atoms with E-state index in [0.717, 1.165) is 42.0 Å². The molecule has 1 aromatic heterocycles. The van der Waals surface area contributed by atoms with Crippen molar-refractivity contribution in [2.75, 3.05) is 13.7 Å². The molecule has 5 heteroatoms. The molecule has 0 spiro atoms. The van der Waals surface area contributed by atoms with E-state index in [1.165, 1.54) is 12.7 Å². The summed E-state index contributed by atoms with van der Waals surface area (Å²) >= 11 is 0. The molecule has 1 fully saturated rings. The largest absolute Gasteiger partial charge is 0.468 e. The van der Waals surface area contributed by atoms with Crippen LogP contribution < -0.4 is 0 Å². The van der Waals surface area contributed by atoms with Gasteiger partial charge in [0.2, 0.25) is 5.89 Å². The minimum Gasteiger partial charge on any atom is -0.468 e. The lowest BCUT2D eigenvalue weighted by Crippen LogP contribution is -2.36. The molecule has 0 unspecified atom stereocenters. The Labute approximate surface area is 165 Å². The van der Waals surface area contributed by atoms with Crippen LogP contribution in [0.1, 0.15) is 24.3 Å². The standard InChI is InChI=1S/C23H24N2O3/c1-16-20(15-25-14-6-9-21(25)23(26)27-2)24-22(28-16)19-12-10-18(11-13-19)17-7-4-3-5-8-17/h3-5,7-8,10-13,21H,6,9,14-15H2,1-2H3/t21-/m0/s1. The first-order valence-electron chi connectivity index (χ1n) is 9.60. The van der Waals surface area contributed by atoms with Crippen molar-refractivity contribution < 1.29 is 13.9 Å². The highest BCUT2D eigenvalue weighted by atomic mass is 16.5. The van der Waals surface area contributed by atoms with Gasteiger partial charge in [-0.15, -0.1) is 0 Å². The van der Waals surface area contributed by atoms with E-state index < -0.39 is 0 Å². The number of carbonyl (C=O) groups excluding carboxylic acids is 1. The van der Waals surface area contributed by atoms with Crippen molar-refractivity contribution in [2.45, 2.75) is 32.4 Å². The molecule has 0 saturated carbocycles. The first kappa shape index (κ1) is 18.4. The molecule has 0 bridgehead atoms. The quantitative estimate of drug-likeness (QED) is 0.616. The first-order valence-corrected chi connectivity index (χ1v) is 9.60. The summed E-state index contributed by atoms with van der Waals surface area (Å²) < 4.78 is 10.9. The first-order chi connectivity index (χ1) is 13.7. The Bertz CT molecular complexity index is 948. The van der Waals surface area contributed by atoms with Crippen molar-refractivity contribution in [3.05, 3.63) is 66.1 Å². The van der Waals surface area contributed by atoms with Crippen LogP contribution in [0.5, 0.6) is 0 Å². The van der Waals surface area contributed by atoms with Crippen LogP contribution >= 0.6 is 0 Å². The second kappa shape index (κ2) is 7.98. The van der Waals surface area contributed by atoms with Crippen LogP contribution in [0.25, 0.3) is 22.6 Å². The van der Waals surface area contributed by atoms with E-state index in [1.807, 2.05) is 37.3 Å². The fourth-order valence-electron chi connectivity index (χ4n) is 3.74. The molecule has 144 valence electrons. The number of aromatic nitrogens is 1. The van der Waals surface area contributed by atoms with Gasteiger partial charge in [-0.2, -0.15) is 0 Å². The summed E-state index contributed by atoms with van der Waals surface area (Å²) in [6.45, 7) is 3.39. The van der Waals surface area contributed by atoms with Gasteiger partial charge in [0.25, 0.3) is 0 Å². The van der Waals surface area contributed by atoms with Gasteiger partial charge in [-0.1, -0.05) is 42.5 Å². The van der Waals surface area contributed by atoms with E-state index in [-0.39, 0.29) is 12.0 Å². The van der Waals surface area contributed by atoms with Crippen LogP contribution in [-0.2, 0) is 16.1 Å². The van der Waals surface area contributed by atoms with E-state index in [0.29, 0.717) is 12.4 Å². The van der Waals surface area contributed by atoms with Crippen LogP contribution in [-0.4, -0.2) is 35.5 Å². The number of carbonyl (C=O) groups is 1. The van der Waals surface area contributed by atoms with E-state index in [2.05, 4.69) is 29.2 Å². The van der Waals surface area contributed by atoms with Gasteiger partial charge in [-0.05, 0) is 49.6 Å². The fourth-order valence-corrected chi connectivity index (χ4v) is 3.74. The minimum absolute atomic E-state index is 0.171. The maximum Gasteiger partial charge on any atom is 0.323 e. The fraction of sp³-hybridized carbons (Fsp3) is 0.304. The third-order valence-corrected chi connectivity index (χ3v) is 5.32. The summed E-state index contributed by atoms with van der Waals surface area (Å²) in [6, 6.07) is 18.3. The molecule has 1 aliphatic rings. The van der Waals surface area contributed by atoms with Gasteiger partial charge in [-0.25, -0.2) is 4.98 Å². The molecule has 2 heterocycles. The van der Waals surface area contributed by atoms with Crippen molar-refractivity contribution >= 4 is 5.97 Å². The number of hydrogen-bond acceptors (Lipinski definition) is 5. The molecule has 3 aromatic rings. The van der Waals surface area contributed by atoms with Crippen LogP contribution in [0.3, 0.4) is 0 Å². The SMILES string of the molecule is COC(=O)[C@@H]1CCCN1Cc1nc(-c2ccc(-c3ccccc3)cc2)oc1C. The van der Waals surface area contributed by atoms with Gasteiger partial charge in [0.15, 0.2) is 0 Å². The smallest absolute Gasteiger partial charge is 0.323 e. The Hall–Kier alpha value is -2.92. The number of likely N-dealkylation sites (tertiary alicyclic amines) is 1.